The summed E-state index contributed by atoms with van der Waals surface area (Å²) in [5.41, 5.74) is 0.592. The summed E-state index contributed by atoms with van der Waals surface area (Å²) in [4.78, 5) is 37.8. The Morgan fingerprint density at radius 1 is 1.21 bits per heavy atom. The van der Waals surface area contributed by atoms with E-state index in [1.165, 1.54) is 23.9 Å². The lowest BCUT2D eigenvalue weighted by atomic mass is 10.2. The molecule has 1 fully saturated rings. The Labute approximate surface area is 164 Å². The molecule has 10 nitrogen and oxygen atoms in total. The number of hydrogen-bond acceptors (Lipinski definition) is 6. The summed E-state index contributed by atoms with van der Waals surface area (Å²) in [6.45, 7) is 1.71. The highest BCUT2D eigenvalue weighted by molar-refractivity contribution is 6.14. The number of para-hydroxylation sites is 1. The van der Waals surface area contributed by atoms with Gasteiger partial charge in [-0.25, -0.2) is 0 Å². The number of morpholine rings is 1. The molecule has 2 amide bonds. The van der Waals surface area contributed by atoms with Gasteiger partial charge in [0.15, 0.2) is 0 Å². The van der Waals surface area contributed by atoms with Crippen LogP contribution in [0.15, 0.2) is 40.9 Å². The van der Waals surface area contributed by atoms with E-state index in [9.17, 15) is 19.7 Å². The summed E-state index contributed by atoms with van der Waals surface area (Å²) in [6, 6.07) is 8.15. The first-order valence-electron chi connectivity index (χ1n) is 8.96. The van der Waals surface area contributed by atoms with E-state index >= 15 is 0 Å². The number of furan rings is 1. The Bertz CT molecular complexity index is 1110. The van der Waals surface area contributed by atoms with Crippen LogP contribution in [0.4, 0.5) is 11.4 Å². The van der Waals surface area contributed by atoms with Crippen molar-refractivity contribution < 1.29 is 23.7 Å². The normalized spacial score (nSPS) is 14.2. The van der Waals surface area contributed by atoms with Crippen molar-refractivity contribution in [2.45, 2.75) is 0 Å². The molecule has 1 aliphatic rings. The molecule has 1 N–H and O–H groups in total. The molecule has 0 radical (unpaired) electrons. The van der Waals surface area contributed by atoms with Gasteiger partial charge >= 0.3 is 0 Å². The van der Waals surface area contributed by atoms with Gasteiger partial charge in [0.05, 0.1) is 24.3 Å². The largest absolute Gasteiger partial charge is 0.449 e. The molecular weight excluding hydrogens is 380 g/mol. The fourth-order valence-corrected chi connectivity index (χ4v) is 3.28. The van der Waals surface area contributed by atoms with Crippen LogP contribution < -0.4 is 5.32 Å². The molecule has 0 atom stereocenters. The number of nitro groups is 1. The average molecular weight is 398 g/mol. The number of carbonyl (C=O) groups excluding carboxylic acids is 2. The predicted octanol–water partition coefficient (Wildman–Crippen LogP) is 2.40. The number of rotatable bonds is 4. The average Bonchev–Trinajstić information content (AvgIpc) is 3.29. The predicted molar refractivity (Wildman–Crippen MR) is 103 cm³/mol. The van der Waals surface area contributed by atoms with Gasteiger partial charge < -0.3 is 23.9 Å². The number of ether oxygens (including phenoxy) is 1. The molecule has 0 spiro atoms. The van der Waals surface area contributed by atoms with Crippen LogP contribution in [0, 0.1) is 10.1 Å². The summed E-state index contributed by atoms with van der Waals surface area (Å²) in [7, 11) is 1.54. The molecule has 1 aliphatic heterocycles. The first-order valence-corrected chi connectivity index (χ1v) is 8.96. The summed E-state index contributed by atoms with van der Waals surface area (Å²) in [5, 5.41) is 14.3. The SMILES string of the molecule is Cn1cc([N+](=O)[O-])cc1C(=O)Nc1c(C(=O)N2CCOCC2)oc2ccccc12. The minimum Gasteiger partial charge on any atom is -0.449 e. The van der Waals surface area contributed by atoms with Crippen LogP contribution in [0.3, 0.4) is 0 Å². The van der Waals surface area contributed by atoms with E-state index < -0.39 is 10.8 Å². The number of benzene rings is 1. The van der Waals surface area contributed by atoms with E-state index in [1.807, 2.05) is 0 Å². The quantitative estimate of drug-likeness (QED) is 0.532. The molecule has 2 aromatic heterocycles. The summed E-state index contributed by atoms with van der Waals surface area (Å²) >= 11 is 0. The number of amides is 2. The lowest BCUT2D eigenvalue weighted by Crippen LogP contribution is -2.40. The van der Waals surface area contributed by atoms with Gasteiger partial charge in [0, 0.05) is 31.6 Å². The van der Waals surface area contributed by atoms with E-state index in [2.05, 4.69) is 5.32 Å². The molecule has 29 heavy (non-hydrogen) atoms. The van der Waals surface area contributed by atoms with Gasteiger partial charge in [-0.05, 0) is 12.1 Å². The Morgan fingerprint density at radius 2 is 1.93 bits per heavy atom. The van der Waals surface area contributed by atoms with Crippen LogP contribution in [0.1, 0.15) is 21.0 Å². The van der Waals surface area contributed by atoms with Crippen LogP contribution in [0.5, 0.6) is 0 Å². The van der Waals surface area contributed by atoms with Gasteiger partial charge in [0.1, 0.15) is 17.0 Å². The molecular formula is C19H18N4O6. The number of carbonyl (C=O) groups is 2. The van der Waals surface area contributed by atoms with Crippen molar-refractivity contribution in [3.8, 4) is 0 Å². The number of fused-ring (bicyclic) bond motifs is 1. The highest BCUT2D eigenvalue weighted by atomic mass is 16.6. The number of anilines is 1. The van der Waals surface area contributed by atoms with E-state index in [0.29, 0.717) is 37.3 Å². The van der Waals surface area contributed by atoms with Crippen molar-refractivity contribution in [1.29, 1.82) is 0 Å². The third kappa shape index (κ3) is 3.45. The topological polar surface area (TPSA) is 120 Å². The summed E-state index contributed by atoms with van der Waals surface area (Å²) < 4.78 is 12.4. The maximum Gasteiger partial charge on any atom is 0.291 e. The zero-order chi connectivity index (χ0) is 20.5. The van der Waals surface area contributed by atoms with E-state index in [0.717, 1.165) is 0 Å². The number of nitrogens with zero attached hydrogens (tertiary/aromatic N) is 3. The lowest BCUT2D eigenvalue weighted by Gasteiger charge is -2.26. The lowest BCUT2D eigenvalue weighted by molar-refractivity contribution is -0.384. The molecule has 4 rings (SSSR count). The second kappa shape index (κ2) is 7.40. The van der Waals surface area contributed by atoms with Gasteiger partial charge in [-0.1, -0.05) is 12.1 Å². The second-order valence-electron chi connectivity index (χ2n) is 6.61. The third-order valence-electron chi connectivity index (χ3n) is 4.76. The Kier molecular flexibility index (Phi) is 4.77. The van der Waals surface area contributed by atoms with E-state index in [-0.39, 0.29) is 28.7 Å². The third-order valence-corrected chi connectivity index (χ3v) is 4.76. The highest BCUT2D eigenvalue weighted by Gasteiger charge is 2.28. The molecule has 1 aromatic carbocycles. The van der Waals surface area contributed by atoms with Gasteiger partial charge in [-0.15, -0.1) is 0 Å². The smallest absolute Gasteiger partial charge is 0.291 e. The second-order valence-corrected chi connectivity index (χ2v) is 6.61. The zero-order valence-corrected chi connectivity index (χ0v) is 15.6. The Hall–Kier alpha value is -3.66. The van der Waals surface area contributed by atoms with Crippen molar-refractivity contribution in [3.05, 3.63) is 58.1 Å². The molecule has 0 unspecified atom stereocenters. The maximum atomic E-state index is 13.0. The molecule has 0 saturated carbocycles. The van der Waals surface area contributed by atoms with Crippen molar-refractivity contribution >= 4 is 34.2 Å². The van der Waals surface area contributed by atoms with Crippen molar-refractivity contribution in [3.63, 3.8) is 0 Å². The van der Waals surface area contributed by atoms with Gasteiger partial charge in [-0.2, -0.15) is 0 Å². The minimum atomic E-state index is -0.580. The molecule has 150 valence electrons. The van der Waals surface area contributed by atoms with E-state index in [4.69, 9.17) is 9.15 Å². The molecule has 10 heteroatoms. The van der Waals surface area contributed by atoms with E-state index in [1.54, 1.807) is 29.2 Å². The van der Waals surface area contributed by atoms with Crippen LogP contribution in [-0.2, 0) is 11.8 Å². The summed E-state index contributed by atoms with van der Waals surface area (Å²) in [6.07, 6.45) is 1.25. The first kappa shape index (κ1) is 18.7. The van der Waals surface area contributed by atoms with Gasteiger partial charge in [0.25, 0.3) is 17.5 Å². The fourth-order valence-electron chi connectivity index (χ4n) is 3.28. The van der Waals surface area contributed by atoms with Gasteiger partial charge in [-0.3, -0.25) is 19.7 Å². The molecule has 1 saturated heterocycles. The van der Waals surface area contributed by atoms with Crippen LogP contribution >= 0.6 is 0 Å². The van der Waals surface area contributed by atoms with Crippen LogP contribution in [0.25, 0.3) is 11.0 Å². The van der Waals surface area contributed by atoms with Crippen molar-refractivity contribution in [1.82, 2.24) is 9.47 Å². The van der Waals surface area contributed by atoms with Crippen molar-refractivity contribution in [2.75, 3.05) is 31.6 Å². The zero-order valence-electron chi connectivity index (χ0n) is 15.6. The van der Waals surface area contributed by atoms with Crippen LogP contribution in [-0.4, -0.2) is 52.5 Å². The summed E-state index contributed by atoms with van der Waals surface area (Å²) in [5.74, 6) is -0.911. The number of aryl methyl sites for hydroxylation is 1. The standard InChI is InChI=1S/C19H18N4O6/c1-21-11-12(23(26)27)10-14(21)18(24)20-16-13-4-2-3-5-15(13)29-17(16)19(25)22-6-8-28-9-7-22/h2-5,10-11H,6-9H2,1H3,(H,20,24). The van der Waals surface area contributed by atoms with Crippen molar-refractivity contribution in [2.24, 2.45) is 7.05 Å². The molecule has 0 bridgehead atoms. The number of hydrogen-bond donors (Lipinski definition) is 1. The monoisotopic (exact) mass is 398 g/mol. The molecule has 3 aromatic rings. The fraction of sp³-hybridized carbons (Fsp3) is 0.263. The molecule has 0 aliphatic carbocycles. The number of aromatic nitrogens is 1. The molecule has 3 heterocycles. The number of nitrogens with one attached hydrogen (secondary N) is 1. The Balaban J connectivity index is 1.71. The maximum absolute atomic E-state index is 13.0. The first-order chi connectivity index (χ1) is 14.0. The minimum absolute atomic E-state index is 0.0187. The Morgan fingerprint density at radius 3 is 2.62 bits per heavy atom. The highest BCUT2D eigenvalue weighted by Crippen LogP contribution is 2.32. The van der Waals surface area contributed by atoms with Crippen LogP contribution in [0.2, 0.25) is 0 Å². The van der Waals surface area contributed by atoms with Gasteiger partial charge in [0.2, 0.25) is 5.76 Å².